The Kier molecular flexibility index (Phi) is 7.35. The zero-order chi connectivity index (χ0) is 24.0. The lowest BCUT2D eigenvalue weighted by Crippen LogP contribution is -2.41. The minimum atomic E-state index is -3.98. The van der Waals surface area contributed by atoms with Crippen molar-refractivity contribution < 1.29 is 17.9 Å². The van der Waals surface area contributed by atoms with E-state index in [9.17, 15) is 13.2 Å². The van der Waals surface area contributed by atoms with Gasteiger partial charge in [-0.15, -0.1) is 0 Å². The fourth-order valence-electron chi connectivity index (χ4n) is 3.45. The first-order valence-electron chi connectivity index (χ1n) is 10.7. The van der Waals surface area contributed by atoms with E-state index in [1.807, 2.05) is 42.5 Å². The number of sulfonamides is 1. The van der Waals surface area contributed by atoms with Crippen molar-refractivity contribution in [2.24, 2.45) is 0 Å². The lowest BCUT2D eigenvalue weighted by Gasteiger charge is -2.24. The van der Waals surface area contributed by atoms with Crippen LogP contribution in [0.15, 0.2) is 102 Å². The molecule has 0 aromatic heterocycles. The third kappa shape index (κ3) is 5.68. The van der Waals surface area contributed by atoms with Crippen LogP contribution in [0.2, 0.25) is 5.02 Å². The van der Waals surface area contributed by atoms with Gasteiger partial charge in [-0.25, -0.2) is 8.42 Å². The van der Waals surface area contributed by atoms with Crippen LogP contribution in [-0.2, 0) is 14.8 Å². The Balaban J connectivity index is 1.40. The van der Waals surface area contributed by atoms with E-state index in [1.165, 1.54) is 24.3 Å². The Hall–Kier alpha value is -3.55. The molecular weight excluding hydrogens is 472 g/mol. The molecule has 0 bridgehead atoms. The first-order chi connectivity index (χ1) is 16.4. The van der Waals surface area contributed by atoms with Crippen LogP contribution in [-0.4, -0.2) is 34.0 Å². The van der Waals surface area contributed by atoms with Crippen LogP contribution < -0.4 is 14.4 Å². The number of halogens is 1. The Morgan fingerprint density at radius 3 is 2.26 bits per heavy atom. The average molecular weight is 495 g/mol. The number of carbonyl (C=O) groups excluding carboxylic acids is 1. The van der Waals surface area contributed by atoms with Gasteiger partial charge in [0, 0.05) is 5.02 Å². The molecule has 0 aliphatic heterocycles. The maximum absolute atomic E-state index is 13.3. The van der Waals surface area contributed by atoms with Crippen molar-refractivity contribution in [2.45, 2.75) is 4.90 Å². The molecule has 0 atom stereocenters. The first kappa shape index (κ1) is 23.6. The molecule has 0 saturated carbocycles. The van der Waals surface area contributed by atoms with Gasteiger partial charge in [0.2, 0.25) is 5.91 Å². The SMILES string of the molecule is O=C(CN(c1ccccc1)S(=O)(=O)c1ccc(Cl)cc1)NCCOc1ccc2ccccc2c1. The van der Waals surface area contributed by atoms with Crippen LogP contribution in [0.25, 0.3) is 10.8 Å². The van der Waals surface area contributed by atoms with Crippen molar-refractivity contribution >= 4 is 44.0 Å². The fourth-order valence-corrected chi connectivity index (χ4v) is 4.99. The molecule has 34 heavy (non-hydrogen) atoms. The third-order valence-corrected chi connectivity index (χ3v) is 7.19. The van der Waals surface area contributed by atoms with Gasteiger partial charge in [0.15, 0.2) is 0 Å². The number of rotatable bonds is 9. The number of hydrogen-bond acceptors (Lipinski definition) is 4. The predicted molar refractivity (Wildman–Crippen MR) is 135 cm³/mol. The molecule has 174 valence electrons. The van der Waals surface area contributed by atoms with Gasteiger partial charge in [-0.3, -0.25) is 9.10 Å². The molecule has 6 nitrogen and oxygen atoms in total. The van der Waals surface area contributed by atoms with Gasteiger partial charge in [-0.2, -0.15) is 0 Å². The summed E-state index contributed by atoms with van der Waals surface area (Å²) in [5.74, 6) is 0.257. The van der Waals surface area contributed by atoms with Crippen molar-refractivity contribution in [3.63, 3.8) is 0 Å². The second kappa shape index (κ2) is 10.6. The van der Waals surface area contributed by atoms with Crippen LogP contribution in [0, 0.1) is 0 Å². The minimum Gasteiger partial charge on any atom is -0.492 e. The van der Waals surface area contributed by atoms with Crippen molar-refractivity contribution in [1.82, 2.24) is 5.32 Å². The van der Waals surface area contributed by atoms with Crippen molar-refractivity contribution in [1.29, 1.82) is 0 Å². The van der Waals surface area contributed by atoms with E-state index in [4.69, 9.17) is 16.3 Å². The zero-order valence-electron chi connectivity index (χ0n) is 18.2. The molecule has 0 aliphatic carbocycles. The second-order valence-electron chi connectivity index (χ2n) is 7.51. The molecule has 1 amide bonds. The Labute approximate surface area is 203 Å². The van der Waals surface area contributed by atoms with E-state index >= 15 is 0 Å². The standard InChI is InChI=1S/C26H23ClN2O4S/c27-22-11-14-25(15-12-22)34(31,32)29(23-8-2-1-3-9-23)19-26(30)28-16-17-33-24-13-10-20-6-4-5-7-21(20)18-24/h1-15,18H,16-17,19H2,(H,28,30). The fraction of sp³-hybridized carbons (Fsp3) is 0.115. The molecule has 0 saturated heterocycles. The van der Waals surface area contributed by atoms with E-state index in [0.29, 0.717) is 16.5 Å². The quantitative estimate of drug-likeness (QED) is 0.336. The molecule has 8 heteroatoms. The van der Waals surface area contributed by atoms with Gasteiger partial charge in [0.1, 0.15) is 18.9 Å². The van der Waals surface area contributed by atoms with Crippen LogP contribution in [0.4, 0.5) is 5.69 Å². The summed E-state index contributed by atoms with van der Waals surface area (Å²) in [5.41, 5.74) is 0.389. The highest BCUT2D eigenvalue weighted by Crippen LogP contribution is 2.24. The molecule has 0 heterocycles. The number of benzene rings is 4. The number of carbonyl (C=O) groups is 1. The molecule has 0 aliphatic rings. The number of ether oxygens (including phenoxy) is 1. The van der Waals surface area contributed by atoms with Crippen LogP contribution >= 0.6 is 11.6 Å². The summed E-state index contributed by atoms with van der Waals surface area (Å²) < 4.78 is 33.4. The Morgan fingerprint density at radius 2 is 1.53 bits per heavy atom. The van der Waals surface area contributed by atoms with Crippen LogP contribution in [0.3, 0.4) is 0 Å². The first-order valence-corrected chi connectivity index (χ1v) is 12.5. The molecule has 0 unspecified atom stereocenters. The number of anilines is 1. The molecule has 4 aromatic carbocycles. The summed E-state index contributed by atoms with van der Waals surface area (Å²) >= 11 is 5.90. The average Bonchev–Trinajstić information content (AvgIpc) is 2.86. The van der Waals surface area contributed by atoms with Crippen LogP contribution in [0.1, 0.15) is 0 Å². The van der Waals surface area contributed by atoms with Crippen molar-refractivity contribution in [2.75, 3.05) is 24.0 Å². The molecule has 0 fully saturated rings. The molecule has 0 radical (unpaired) electrons. The van der Waals surface area contributed by atoms with Gasteiger partial charge in [0.05, 0.1) is 17.1 Å². The number of para-hydroxylation sites is 1. The summed E-state index contributed by atoms with van der Waals surface area (Å²) in [7, 11) is -3.98. The highest BCUT2D eigenvalue weighted by molar-refractivity contribution is 7.92. The summed E-state index contributed by atoms with van der Waals surface area (Å²) in [4.78, 5) is 12.7. The van der Waals surface area contributed by atoms with Gasteiger partial charge in [0.25, 0.3) is 10.0 Å². The van der Waals surface area contributed by atoms with Crippen molar-refractivity contribution in [3.05, 3.63) is 102 Å². The molecular formula is C26H23ClN2O4S. The topological polar surface area (TPSA) is 75.7 Å². The maximum atomic E-state index is 13.3. The van der Waals surface area contributed by atoms with E-state index < -0.39 is 15.9 Å². The monoisotopic (exact) mass is 494 g/mol. The molecule has 0 spiro atoms. The lowest BCUT2D eigenvalue weighted by molar-refractivity contribution is -0.119. The predicted octanol–water partition coefficient (Wildman–Crippen LogP) is 4.88. The summed E-state index contributed by atoms with van der Waals surface area (Å²) in [6.07, 6.45) is 0. The number of nitrogens with one attached hydrogen (secondary N) is 1. The number of amides is 1. The van der Waals surface area contributed by atoms with Gasteiger partial charge >= 0.3 is 0 Å². The summed E-state index contributed by atoms with van der Waals surface area (Å²) in [5, 5.41) is 5.34. The normalized spacial score (nSPS) is 11.2. The highest BCUT2D eigenvalue weighted by atomic mass is 35.5. The maximum Gasteiger partial charge on any atom is 0.264 e. The summed E-state index contributed by atoms with van der Waals surface area (Å²) in [6, 6.07) is 28.1. The van der Waals surface area contributed by atoms with E-state index in [2.05, 4.69) is 5.32 Å². The van der Waals surface area contributed by atoms with E-state index in [-0.39, 0.29) is 24.6 Å². The Bertz CT molecular complexity index is 1380. The zero-order valence-corrected chi connectivity index (χ0v) is 19.8. The van der Waals surface area contributed by atoms with Gasteiger partial charge < -0.3 is 10.1 Å². The number of nitrogens with zero attached hydrogens (tertiary/aromatic N) is 1. The van der Waals surface area contributed by atoms with Gasteiger partial charge in [-0.05, 0) is 59.3 Å². The van der Waals surface area contributed by atoms with Crippen LogP contribution in [0.5, 0.6) is 5.75 Å². The Morgan fingerprint density at radius 1 is 0.853 bits per heavy atom. The van der Waals surface area contributed by atoms with Gasteiger partial charge in [-0.1, -0.05) is 60.1 Å². The molecule has 4 rings (SSSR count). The summed E-state index contributed by atoms with van der Waals surface area (Å²) in [6.45, 7) is 0.111. The molecule has 1 N–H and O–H groups in total. The third-order valence-electron chi connectivity index (χ3n) is 5.15. The smallest absolute Gasteiger partial charge is 0.264 e. The lowest BCUT2D eigenvalue weighted by atomic mass is 10.1. The number of fused-ring (bicyclic) bond motifs is 1. The number of hydrogen-bond donors (Lipinski definition) is 1. The van der Waals surface area contributed by atoms with Crippen molar-refractivity contribution in [3.8, 4) is 5.75 Å². The van der Waals surface area contributed by atoms with E-state index in [0.717, 1.165) is 15.1 Å². The molecule has 4 aromatic rings. The largest absolute Gasteiger partial charge is 0.492 e. The second-order valence-corrected chi connectivity index (χ2v) is 9.81. The highest BCUT2D eigenvalue weighted by Gasteiger charge is 2.27. The van der Waals surface area contributed by atoms with E-state index in [1.54, 1.807) is 30.3 Å². The minimum absolute atomic E-state index is 0.0493.